The molecule has 7 heteroatoms. The standard InChI is InChI=1S/C17H13NO5S/c1-21-14-7-10(16(19)22-2)4-6-13(14)23-17(20)11-3-5-12-15(8-11)24-9-18-12/h3-9H,1-2H3. The number of thiazole rings is 1. The van der Waals surface area contributed by atoms with Crippen LogP contribution in [0.3, 0.4) is 0 Å². The molecule has 0 aliphatic heterocycles. The van der Waals surface area contributed by atoms with Gasteiger partial charge in [0.15, 0.2) is 11.5 Å². The van der Waals surface area contributed by atoms with E-state index in [-0.39, 0.29) is 11.5 Å². The number of nitrogens with zero attached hydrogens (tertiary/aromatic N) is 1. The summed E-state index contributed by atoms with van der Waals surface area (Å²) in [6.07, 6.45) is 0. The quantitative estimate of drug-likeness (QED) is 0.534. The number of benzene rings is 2. The van der Waals surface area contributed by atoms with E-state index in [0.29, 0.717) is 11.1 Å². The van der Waals surface area contributed by atoms with Crippen molar-refractivity contribution in [2.75, 3.05) is 14.2 Å². The molecule has 1 aromatic heterocycles. The Balaban J connectivity index is 1.86. The topological polar surface area (TPSA) is 74.7 Å². The molecule has 0 saturated carbocycles. The monoisotopic (exact) mass is 343 g/mol. The summed E-state index contributed by atoms with van der Waals surface area (Å²) in [7, 11) is 2.72. The van der Waals surface area contributed by atoms with Crippen LogP contribution in [-0.4, -0.2) is 31.1 Å². The SMILES string of the molecule is COC(=O)c1ccc(OC(=O)c2ccc3ncsc3c2)c(OC)c1. The van der Waals surface area contributed by atoms with Crippen LogP contribution in [0.4, 0.5) is 0 Å². The molecule has 1 heterocycles. The van der Waals surface area contributed by atoms with Gasteiger partial charge in [0.2, 0.25) is 0 Å². The first kappa shape index (κ1) is 15.9. The van der Waals surface area contributed by atoms with Crippen molar-refractivity contribution in [3.05, 3.63) is 53.0 Å². The summed E-state index contributed by atoms with van der Waals surface area (Å²) >= 11 is 1.45. The first-order chi connectivity index (χ1) is 11.6. The summed E-state index contributed by atoms with van der Waals surface area (Å²) in [5, 5.41) is 0. The number of carbonyl (C=O) groups excluding carboxylic acids is 2. The Morgan fingerprint density at radius 2 is 1.71 bits per heavy atom. The van der Waals surface area contributed by atoms with Crippen LogP contribution < -0.4 is 9.47 Å². The minimum absolute atomic E-state index is 0.222. The predicted molar refractivity (Wildman–Crippen MR) is 88.9 cm³/mol. The van der Waals surface area contributed by atoms with Crippen LogP contribution >= 0.6 is 11.3 Å². The molecule has 0 N–H and O–H groups in total. The van der Waals surface area contributed by atoms with Crippen LogP contribution in [0.5, 0.6) is 11.5 Å². The Morgan fingerprint density at radius 3 is 2.46 bits per heavy atom. The van der Waals surface area contributed by atoms with Gasteiger partial charge in [-0.2, -0.15) is 0 Å². The summed E-state index contributed by atoms with van der Waals surface area (Å²) in [5.41, 5.74) is 3.26. The second kappa shape index (κ2) is 6.67. The van der Waals surface area contributed by atoms with Gasteiger partial charge in [-0.05, 0) is 36.4 Å². The van der Waals surface area contributed by atoms with Crippen LogP contribution in [0.25, 0.3) is 10.2 Å². The number of methoxy groups -OCH3 is 2. The number of fused-ring (bicyclic) bond motifs is 1. The molecule has 0 bridgehead atoms. The number of esters is 2. The van der Waals surface area contributed by atoms with Gasteiger partial charge in [0.05, 0.1) is 41.1 Å². The van der Waals surface area contributed by atoms with Crippen LogP contribution in [0.1, 0.15) is 20.7 Å². The number of carbonyl (C=O) groups is 2. The lowest BCUT2D eigenvalue weighted by atomic mass is 10.2. The maximum Gasteiger partial charge on any atom is 0.343 e. The number of rotatable bonds is 4. The summed E-state index contributed by atoms with van der Waals surface area (Å²) in [6.45, 7) is 0. The van der Waals surface area contributed by atoms with Gasteiger partial charge < -0.3 is 14.2 Å². The van der Waals surface area contributed by atoms with Crippen molar-refractivity contribution >= 4 is 33.5 Å². The fourth-order valence-electron chi connectivity index (χ4n) is 2.14. The molecular formula is C17H13NO5S. The van der Waals surface area contributed by atoms with E-state index in [0.717, 1.165) is 10.2 Å². The highest BCUT2D eigenvalue weighted by Gasteiger charge is 2.16. The van der Waals surface area contributed by atoms with Gasteiger partial charge in [-0.1, -0.05) is 0 Å². The van der Waals surface area contributed by atoms with Gasteiger partial charge in [0.1, 0.15) is 0 Å². The molecule has 0 unspecified atom stereocenters. The molecular weight excluding hydrogens is 330 g/mol. The van der Waals surface area contributed by atoms with Gasteiger partial charge >= 0.3 is 11.9 Å². The van der Waals surface area contributed by atoms with Crippen LogP contribution in [0, 0.1) is 0 Å². The molecule has 0 atom stereocenters. The Labute approximate surface area is 141 Å². The Hall–Kier alpha value is -2.93. The molecule has 0 aliphatic carbocycles. The van der Waals surface area contributed by atoms with E-state index < -0.39 is 11.9 Å². The fraction of sp³-hybridized carbons (Fsp3) is 0.118. The van der Waals surface area contributed by atoms with Gasteiger partial charge in [-0.25, -0.2) is 14.6 Å². The van der Waals surface area contributed by atoms with Gasteiger partial charge in [0.25, 0.3) is 0 Å². The van der Waals surface area contributed by atoms with Crippen molar-refractivity contribution in [3.63, 3.8) is 0 Å². The van der Waals surface area contributed by atoms with Crippen molar-refractivity contribution in [2.45, 2.75) is 0 Å². The minimum Gasteiger partial charge on any atom is -0.493 e. The third-order valence-corrected chi connectivity index (χ3v) is 4.15. The van der Waals surface area contributed by atoms with E-state index in [1.165, 1.54) is 43.8 Å². The highest BCUT2D eigenvalue weighted by Crippen LogP contribution is 2.29. The molecule has 3 aromatic rings. The van der Waals surface area contributed by atoms with Gasteiger partial charge in [-0.15, -0.1) is 11.3 Å². The molecule has 24 heavy (non-hydrogen) atoms. The maximum absolute atomic E-state index is 12.3. The number of aromatic nitrogens is 1. The van der Waals surface area contributed by atoms with Crippen molar-refractivity contribution in [2.24, 2.45) is 0 Å². The first-order valence-corrected chi connectivity index (χ1v) is 7.82. The normalized spacial score (nSPS) is 10.4. The lowest BCUT2D eigenvalue weighted by Gasteiger charge is -2.10. The average Bonchev–Trinajstić information content (AvgIpc) is 3.08. The zero-order valence-electron chi connectivity index (χ0n) is 12.9. The zero-order chi connectivity index (χ0) is 17.1. The smallest absolute Gasteiger partial charge is 0.343 e. The lowest BCUT2D eigenvalue weighted by molar-refractivity contribution is 0.0600. The van der Waals surface area contributed by atoms with Crippen LogP contribution in [-0.2, 0) is 4.74 Å². The van der Waals surface area contributed by atoms with E-state index in [1.807, 2.05) is 0 Å². The third kappa shape index (κ3) is 3.07. The zero-order valence-corrected chi connectivity index (χ0v) is 13.8. The van der Waals surface area contributed by atoms with Crippen molar-refractivity contribution in [1.29, 1.82) is 0 Å². The number of hydrogen-bond acceptors (Lipinski definition) is 7. The predicted octanol–water partition coefficient (Wildman–Crippen LogP) is 3.31. The Bertz CT molecular complexity index is 918. The molecule has 0 amide bonds. The Kier molecular flexibility index (Phi) is 4.43. The molecule has 0 aliphatic rings. The highest BCUT2D eigenvalue weighted by atomic mass is 32.1. The van der Waals surface area contributed by atoms with E-state index in [2.05, 4.69) is 9.72 Å². The molecule has 2 aromatic carbocycles. The second-order valence-electron chi connectivity index (χ2n) is 4.78. The average molecular weight is 343 g/mol. The van der Waals surface area contributed by atoms with E-state index in [1.54, 1.807) is 23.7 Å². The molecule has 3 rings (SSSR count). The summed E-state index contributed by atoms with van der Waals surface area (Å²) < 4.78 is 16.1. The van der Waals surface area contributed by atoms with Crippen molar-refractivity contribution < 1.29 is 23.8 Å². The fourth-order valence-corrected chi connectivity index (χ4v) is 2.85. The van der Waals surface area contributed by atoms with E-state index in [4.69, 9.17) is 9.47 Å². The summed E-state index contributed by atoms with van der Waals surface area (Å²) in [6, 6.07) is 9.60. The Morgan fingerprint density at radius 1 is 0.958 bits per heavy atom. The first-order valence-electron chi connectivity index (χ1n) is 6.94. The van der Waals surface area contributed by atoms with Crippen LogP contribution in [0.15, 0.2) is 41.9 Å². The molecule has 0 saturated heterocycles. The number of hydrogen-bond donors (Lipinski definition) is 0. The van der Waals surface area contributed by atoms with Crippen LogP contribution in [0.2, 0.25) is 0 Å². The summed E-state index contributed by atoms with van der Waals surface area (Å²) in [4.78, 5) is 28.1. The molecule has 6 nitrogen and oxygen atoms in total. The minimum atomic E-state index is -0.519. The van der Waals surface area contributed by atoms with Gasteiger partial charge in [0, 0.05) is 0 Å². The highest BCUT2D eigenvalue weighted by molar-refractivity contribution is 7.16. The number of ether oxygens (including phenoxy) is 3. The second-order valence-corrected chi connectivity index (χ2v) is 5.67. The van der Waals surface area contributed by atoms with E-state index >= 15 is 0 Å². The van der Waals surface area contributed by atoms with Crippen molar-refractivity contribution in [1.82, 2.24) is 4.98 Å². The molecule has 122 valence electrons. The third-order valence-electron chi connectivity index (χ3n) is 3.35. The van der Waals surface area contributed by atoms with Crippen molar-refractivity contribution in [3.8, 4) is 11.5 Å². The summed E-state index contributed by atoms with van der Waals surface area (Å²) in [5.74, 6) is -0.527. The van der Waals surface area contributed by atoms with Gasteiger partial charge in [-0.3, -0.25) is 0 Å². The maximum atomic E-state index is 12.3. The lowest BCUT2D eigenvalue weighted by Crippen LogP contribution is -2.10. The van der Waals surface area contributed by atoms with E-state index in [9.17, 15) is 9.59 Å². The molecule has 0 radical (unpaired) electrons. The largest absolute Gasteiger partial charge is 0.493 e. The molecule has 0 fully saturated rings. The molecule has 0 spiro atoms.